The summed E-state index contributed by atoms with van der Waals surface area (Å²) in [6.45, 7) is 2.32. The van der Waals surface area contributed by atoms with Gasteiger partial charge in [0.2, 0.25) is 0 Å². The van der Waals surface area contributed by atoms with Gasteiger partial charge < -0.3 is 5.11 Å². The average Bonchev–Trinajstić information content (AvgIpc) is 2.75. The molecule has 1 aromatic rings. The van der Waals surface area contributed by atoms with Gasteiger partial charge in [-0.2, -0.15) is 0 Å². The first-order valence-electron chi connectivity index (χ1n) is 7.68. The van der Waals surface area contributed by atoms with Crippen molar-refractivity contribution in [1.29, 1.82) is 0 Å². The molecule has 1 aromatic carbocycles. The molecule has 0 unspecified atom stereocenters. The molecule has 0 bridgehead atoms. The molecule has 3 aliphatic rings. The van der Waals surface area contributed by atoms with Gasteiger partial charge in [-0.05, 0) is 61.1 Å². The normalized spacial score (nSPS) is 36.7. The fraction of sp³-hybridized carbons (Fsp3) is 0.556. The number of aliphatic hydroxyl groups excluding tert-OH is 1. The maximum Gasteiger partial charge on any atom is 0.0599 e. The van der Waals surface area contributed by atoms with E-state index in [2.05, 4.69) is 31.2 Å². The van der Waals surface area contributed by atoms with Gasteiger partial charge in [-0.25, -0.2) is 0 Å². The number of rotatable bonds is 0. The Hall–Kier alpha value is -1.08. The van der Waals surface area contributed by atoms with Crippen LogP contribution in [-0.4, -0.2) is 11.2 Å². The Kier molecular flexibility index (Phi) is 2.44. The summed E-state index contributed by atoms with van der Waals surface area (Å²) in [5, 5.41) is 10.3. The van der Waals surface area contributed by atoms with E-state index < -0.39 is 0 Å². The van der Waals surface area contributed by atoms with Gasteiger partial charge in [0.1, 0.15) is 0 Å². The molecular weight excluding hydrogens is 232 g/mol. The van der Waals surface area contributed by atoms with Crippen LogP contribution in [0.3, 0.4) is 0 Å². The van der Waals surface area contributed by atoms with Crippen LogP contribution in [0.15, 0.2) is 29.8 Å². The lowest BCUT2D eigenvalue weighted by atomic mass is 9.62. The highest BCUT2D eigenvalue weighted by Gasteiger charge is 2.50. The van der Waals surface area contributed by atoms with Gasteiger partial charge in [0, 0.05) is 5.41 Å². The van der Waals surface area contributed by atoms with Gasteiger partial charge >= 0.3 is 0 Å². The summed E-state index contributed by atoms with van der Waals surface area (Å²) < 4.78 is 0. The Bertz CT molecular complexity index is 557. The van der Waals surface area contributed by atoms with E-state index in [9.17, 15) is 5.11 Å². The van der Waals surface area contributed by atoms with Crippen molar-refractivity contribution in [2.24, 2.45) is 11.3 Å². The van der Waals surface area contributed by atoms with E-state index in [-0.39, 0.29) is 11.5 Å². The van der Waals surface area contributed by atoms with Gasteiger partial charge in [-0.15, -0.1) is 0 Å². The Morgan fingerprint density at radius 3 is 2.84 bits per heavy atom. The van der Waals surface area contributed by atoms with Crippen LogP contribution in [-0.2, 0) is 6.42 Å². The Morgan fingerprint density at radius 2 is 1.95 bits per heavy atom. The van der Waals surface area contributed by atoms with Crippen LogP contribution in [0.2, 0.25) is 0 Å². The third-order valence-electron chi connectivity index (χ3n) is 6.01. The molecule has 4 rings (SSSR count). The summed E-state index contributed by atoms with van der Waals surface area (Å²) in [6, 6.07) is 8.93. The number of aryl methyl sites for hydroxylation is 1. The van der Waals surface area contributed by atoms with E-state index in [0.29, 0.717) is 5.92 Å². The summed E-state index contributed by atoms with van der Waals surface area (Å²) >= 11 is 0. The molecule has 3 aliphatic carbocycles. The third-order valence-corrected chi connectivity index (χ3v) is 6.01. The van der Waals surface area contributed by atoms with Crippen LogP contribution >= 0.6 is 0 Å². The minimum atomic E-state index is -0.0799. The smallest absolute Gasteiger partial charge is 0.0599 e. The van der Waals surface area contributed by atoms with E-state index in [0.717, 1.165) is 19.3 Å². The molecule has 1 nitrogen and oxygen atoms in total. The summed E-state index contributed by atoms with van der Waals surface area (Å²) in [6.07, 6.45) is 6.85. The number of fused-ring (bicyclic) bond motifs is 4. The number of aliphatic hydroxyl groups is 1. The van der Waals surface area contributed by atoms with Crippen LogP contribution in [0.5, 0.6) is 0 Å². The van der Waals surface area contributed by atoms with Gasteiger partial charge in [-0.1, -0.05) is 36.8 Å². The SMILES string of the molecule is C[C@@]12CCC3=C(CCc4ccccc43)[C@H]1CC[C@H]2O. The van der Waals surface area contributed by atoms with Gasteiger partial charge in [0.15, 0.2) is 0 Å². The monoisotopic (exact) mass is 254 g/mol. The van der Waals surface area contributed by atoms with Crippen LogP contribution in [0, 0.1) is 11.3 Å². The maximum atomic E-state index is 10.3. The van der Waals surface area contributed by atoms with Crippen molar-refractivity contribution in [2.45, 2.75) is 51.6 Å². The molecule has 0 radical (unpaired) electrons. The summed E-state index contributed by atoms with van der Waals surface area (Å²) in [7, 11) is 0. The van der Waals surface area contributed by atoms with E-state index in [1.807, 2.05) is 0 Å². The van der Waals surface area contributed by atoms with Crippen molar-refractivity contribution in [3.8, 4) is 0 Å². The molecule has 0 aromatic heterocycles. The first-order chi connectivity index (χ1) is 9.20. The predicted molar refractivity (Wildman–Crippen MR) is 77.8 cm³/mol. The van der Waals surface area contributed by atoms with E-state index >= 15 is 0 Å². The molecule has 1 saturated carbocycles. The van der Waals surface area contributed by atoms with Gasteiger partial charge in [-0.3, -0.25) is 0 Å². The molecule has 3 atom stereocenters. The van der Waals surface area contributed by atoms with Crippen LogP contribution in [0.1, 0.15) is 50.2 Å². The molecule has 0 spiro atoms. The summed E-state index contributed by atoms with van der Waals surface area (Å²) in [5.41, 5.74) is 6.50. The maximum absolute atomic E-state index is 10.3. The lowest BCUT2D eigenvalue weighted by Gasteiger charge is -2.43. The molecular formula is C18H22O. The zero-order chi connectivity index (χ0) is 13.0. The highest BCUT2D eigenvalue weighted by Crippen LogP contribution is 2.57. The van der Waals surface area contributed by atoms with Gasteiger partial charge in [0.05, 0.1) is 6.10 Å². The molecule has 0 aliphatic heterocycles. The predicted octanol–water partition coefficient (Wildman–Crippen LogP) is 3.96. The standard InChI is InChI=1S/C18H22O/c1-18-11-10-14-13-5-3-2-4-12(13)6-7-15(14)16(18)8-9-17(18)19/h2-5,16-17,19H,6-11H2,1H3/t16-,17-,18-/m1/s1. The van der Waals surface area contributed by atoms with Crippen LogP contribution in [0.25, 0.3) is 5.57 Å². The zero-order valence-corrected chi connectivity index (χ0v) is 11.7. The van der Waals surface area contributed by atoms with Crippen molar-refractivity contribution >= 4 is 5.57 Å². The molecule has 0 heterocycles. The molecule has 0 amide bonds. The van der Waals surface area contributed by atoms with E-state index in [1.54, 1.807) is 11.1 Å². The number of hydrogen-bond donors (Lipinski definition) is 1. The fourth-order valence-corrected chi connectivity index (χ4v) is 4.83. The van der Waals surface area contributed by atoms with Crippen molar-refractivity contribution in [3.63, 3.8) is 0 Å². The summed E-state index contributed by atoms with van der Waals surface area (Å²) in [4.78, 5) is 0. The highest BCUT2D eigenvalue weighted by atomic mass is 16.3. The van der Waals surface area contributed by atoms with Crippen molar-refractivity contribution < 1.29 is 5.11 Å². The lowest BCUT2D eigenvalue weighted by molar-refractivity contribution is 0.0379. The van der Waals surface area contributed by atoms with E-state index in [4.69, 9.17) is 0 Å². The number of benzene rings is 1. The highest BCUT2D eigenvalue weighted by molar-refractivity contribution is 5.74. The molecule has 19 heavy (non-hydrogen) atoms. The van der Waals surface area contributed by atoms with Gasteiger partial charge in [0.25, 0.3) is 0 Å². The quantitative estimate of drug-likeness (QED) is 0.743. The number of hydrogen-bond acceptors (Lipinski definition) is 1. The van der Waals surface area contributed by atoms with Crippen molar-refractivity contribution in [1.82, 2.24) is 0 Å². The summed E-state index contributed by atoms with van der Waals surface area (Å²) in [5.74, 6) is 0.639. The molecule has 100 valence electrons. The third kappa shape index (κ3) is 1.51. The molecule has 0 saturated heterocycles. The van der Waals surface area contributed by atoms with Crippen LogP contribution in [0.4, 0.5) is 0 Å². The second-order valence-corrected chi connectivity index (χ2v) is 6.81. The second kappa shape index (κ2) is 3.96. The Morgan fingerprint density at radius 1 is 1.11 bits per heavy atom. The Balaban J connectivity index is 1.84. The largest absolute Gasteiger partial charge is 0.393 e. The minimum Gasteiger partial charge on any atom is -0.393 e. The molecule has 1 fully saturated rings. The lowest BCUT2D eigenvalue weighted by Crippen LogP contribution is -2.37. The van der Waals surface area contributed by atoms with Crippen LogP contribution < -0.4 is 0 Å². The topological polar surface area (TPSA) is 20.2 Å². The average molecular weight is 254 g/mol. The van der Waals surface area contributed by atoms with Crippen molar-refractivity contribution in [3.05, 3.63) is 41.0 Å². The zero-order valence-electron chi connectivity index (χ0n) is 11.7. The minimum absolute atomic E-state index is 0.0799. The first-order valence-corrected chi connectivity index (χ1v) is 7.68. The number of allylic oxidation sites excluding steroid dienone is 2. The van der Waals surface area contributed by atoms with E-state index in [1.165, 1.54) is 30.4 Å². The van der Waals surface area contributed by atoms with Crippen molar-refractivity contribution in [2.75, 3.05) is 0 Å². The Labute approximate surface area is 115 Å². The molecule has 1 N–H and O–H groups in total. The molecule has 1 heteroatoms. The first kappa shape index (κ1) is 11.7. The second-order valence-electron chi connectivity index (χ2n) is 6.81. The fourth-order valence-electron chi connectivity index (χ4n) is 4.83.